The molecule has 4 rings (SSSR count). The third-order valence-corrected chi connectivity index (χ3v) is 7.53. The average molecular weight is 516 g/mol. The van der Waals surface area contributed by atoms with E-state index in [1.54, 1.807) is 32.2 Å². The summed E-state index contributed by atoms with van der Waals surface area (Å²) in [6.07, 6.45) is 3.05. The molecule has 0 saturated heterocycles. The number of nitrogens with one attached hydrogen (secondary N) is 1. The molecule has 188 valence electrons. The molecule has 1 N–H and O–H groups in total. The molecule has 0 bridgehead atoms. The lowest BCUT2D eigenvalue weighted by Gasteiger charge is -2.21. The van der Waals surface area contributed by atoms with E-state index in [9.17, 15) is 17.2 Å². The number of hydrogen-bond acceptors (Lipinski definition) is 8. The fraction of sp³-hybridized carbons (Fsp3) is 0.261. The molecule has 36 heavy (non-hydrogen) atoms. The van der Waals surface area contributed by atoms with Gasteiger partial charge in [0, 0.05) is 24.4 Å². The summed E-state index contributed by atoms with van der Waals surface area (Å²) in [4.78, 5) is 12.7. The number of aryl methyl sites for hydroxylation is 1. The molecule has 1 aromatic carbocycles. The molecule has 0 fully saturated rings. The Morgan fingerprint density at radius 2 is 1.69 bits per heavy atom. The number of rotatable bonds is 8. The van der Waals surface area contributed by atoms with Gasteiger partial charge in [-0.05, 0) is 32.0 Å². The molecule has 4 aromatic rings. The maximum atomic E-state index is 14.9. The molecule has 0 aliphatic rings. The second kappa shape index (κ2) is 9.93. The van der Waals surface area contributed by atoms with Gasteiger partial charge in [-0.3, -0.25) is 19.3 Å². The van der Waals surface area contributed by atoms with Crippen molar-refractivity contribution in [2.24, 2.45) is 0 Å². The van der Waals surface area contributed by atoms with Gasteiger partial charge in [0.1, 0.15) is 23.0 Å². The predicted molar refractivity (Wildman–Crippen MR) is 128 cm³/mol. The summed E-state index contributed by atoms with van der Waals surface area (Å²) in [5.41, 5.74) is 0.760. The van der Waals surface area contributed by atoms with E-state index in [-0.39, 0.29) is 17.4 Å². The van der Waals surface area contributed by atoms with Gasteiger partial charge in [-0.25, -0.2) is 22.2 Å². The summed E-state index contributed by atoms with van der Waals surface area (Å²) in [6.45, 7) is 4.95. The zero-order chi connectivity index (χ0) is 26.0. The van der Waals surface area contributed by atoms with Gasteiger partial charge >= 0.3 is 0 Å². The summed E-state index contributed by atoms with van der Waals surface area (Å²) in [5, 5.41) is 6.88. The third kappa shape index (κ3) is 4.87. The molecule has 0 radical (unpaired) electrons. The van der Waals surface area contributed by atoms with Gasteiger partial charge in [0.25, 0.3) is 0 Å². The number of methoxy groups -OCH3 is 1. The van der Waals surface area contributed by atoms with Gasteiger partial charge in [-0.15, -0.1) is 10.2 Å². The van der Waals surface area contributed by atoms with Crippen molar-refractivity contribution in [1.29, 1.82) is 0 Å². The van der Waals surface area contributed by atoms with Crippen LogP contribution in [0.15, 0.2) is 48.8 Å². The Balaban J connectivity index is 1.80. The number of pyridine rings is 1. The van der Waals surface area contributed by atoms with E-state index in [1.807, 2.05) is 0 Å². The lowest BCUT2D eigenvalue weighted by atomic mass is 10.1. The molecule has 0 amide bonds. The molecule has 13 heteroatoms. The van der Waals surface area contributed by atoms with E-state index in [0.717, 1.165) is 16.7 Å². The maximum Gasteiger partial charge on any atom is 0.243 e. The zero-order valence-electron chi connectivity index (χ0n) is 19.8. The number of nitrogens with zero attached hydrogens (tertiary/aromatic N) is 6. The van der Waals surface area contributed by atoms with Gasteiger partial charge in [0.15, 0.2) is 5.82 Å². The first kappa shape index (κ1) is 25.1. The summed E-state index contributed by atoms with van der Waals surface area (Å²) < 4.78 is 64.7. The summed E-state index contributed by atoms with van der Waals surface area (Å²) >= 11 is 0. The molecule has 0 aliphatic heterocycles. The highest BCUT2D eigenvalue weighted by atomic mass is 32.2. The molecule has 2 atom stereocenters. The number of hydrogen-bond donors (Lipinski definition) is 1. The fourth-order valence-corrected chi connectivity index (χ4v) is 4.70. The molecule has 0 saturated carbocycles. The van der Waals surface area contributed by atoms with Crippen LogP contribution >= 0.6 is 0 Å². The van der Waals surface area contributed by atoms with Crippen molar-refractivity contribution in [1.82, 2.24) is 29.7 Å². The van der Waals surface area contributed by atoms with Gasteiger partial charge in [0.05, 0.1) is 23.7 Å². The Labute approximate surface area is 206 Å². The Kier molecular flexibility index (Phi) is 6.93. The highest BCUT2D eigenvalue weighted by Crippen LogP contribution is 2.30. The number of aromatic nitrogens is 6. The molecule has 0 unspecified atom stereocenters. The topological polar surface area (TPSA) is 125 Å². The Bertz CT molecular complexity index is 1470. The van der Waals surface area contributed by atoms with Crippen molar-refractivity contribution in [2.45, 2.75) is 31.9 Å². The quantitative estimate of drug-likeness (QED) is 0.377. The van der Waals surface area contributed by atoms with Crippen LogP contribution in [0.5, 0.6) is 5.88 Å². The summed E-state index contributed by atoms with van der Waals surface area (Å²) in [7, 11) is -2.73. The first-order valence-electron chi connectivity index (χ1n) is 10.8. The molecular formula is C23H23F2N7O3S. The smallest absolute Gasteiger partial charge is 0.243 e. The van der Waals surface area contributed by atoms with Crippen molar-refractivity contribution >= 4 is 16.0 Å². The standard InChI is InChI=1S/C23H23F2N7O3S/c1-13-11-27-19(12-26-13)14(2)15(3)36(33,34)31-23-30-29-22(18-9-6-10-20(28-18)35-4)32(23)21-16(24)7-5-8-17(21)25/h5-12,14-15H,1-4H3,(H,30,31)/t14-,15+/m0/s1. The zero-order valence-corrected chi connectivity index (χ0v) is 20.7. The Morgan fingerprint density at radius 3 is 2.33 bits per heavy atom. The van der Waals surface area contributed by atoms with E-state index in [2.05, 4.69) is 29.9 Å². The van der Waals surface area contributed by atoms with Gasteiger partial charge in [-0.2, -0.15) is 0 Å². The summed E-state index contributed by atoms with van der Waals surface area (Å²) in [5.74, 6) is -2.74. The maximum absolute atomic E-state index is 14.9. The van der Waals surface area contributed by atoms with E-state index in [4.69, 9.17) is 4.74 Å². The Morgan fingerprint density at radius 1 is 1.00 bits per heavy atom. The number of sulfonamides is 1. The van der Waals surface area contributed by atoms with Crippen molar-refractivity contribution < 1.29 is 21.9 Å². The van der Waals surface area contributed by atoms with Crippen LogP contribution in [0.4, 0.5) is 14.7 Å². The van der Waals surface area contributed by atoms with Gasteiger partial charge in [0.2, 0.25) is 21.9 Å². The van der Waals surface area contributed by atoms with Crippen LogP contribution in [0.1, 0.15) is 31.2 Å². The predicted octanol–water partition coefficient (Wildman–Crippen LogP) is 3.65. The highest BCUT2D eigenvalue weighted by Gasteiger charge is 2.32. The van der Waals surface area contributed by atoms with Crippen molar-refractivity contribution in [3.05, 3.63) is 71.8 Å². The SMILES string of the molecule is COc1cccc(-c2nnc(NS(=O)(=O)[C@H](C)[C@H](C)c3cnc(C)cn3)n2-c2c(F)cccc2F)n1. The lowest BCUT2D eigenvalue weighted by Crippen LogP contribution is -2.31. The third-order valence-electron chi connectivity index (χ3n) is 5.68. The van der Waals surface area contributed by atoms with E-state index in [0.29, 0.717) is 11.4 Å². The van der Waals surface area contributed by atoms with Crippen molar-refractivity contribution in [3.63, 3.8) is 0 Å². The highest BCUT2D eigenvalue weighted by molar-refractivity contribution is 7.93. The number of halogens is 2. The van der Waals surface area contributed by atoms with Gasteiger partial charge in [-0.1, -0.05) is 19.1 Å². The first-order valence-corrected chi connectivity index (χ1v) is 12.4. The minimum absolute atomic E-state index is 0.0966. The molecule has 0 aliphatic carbocycles. The number of benzene rings is 1. The number of ether oxygens (including phenoxy) is 1. The van der Waals surface area contributed by atoms with Crippen LogP contribution in [0.2, 0.25) is 0 Å². The molecular weight excluding hydrogens is 492 g/mol. The molecule has 3 heterocycles. The Hall–Kier alpha value is -4.00. The van der Waals surface area contributed by atoms with Crippen molar-refractivity contribution in [2.75, 3.05) is 11.8 Å². The van der Waals surface area contributed by atoms with E-state index in [1.165, 1.54) is 32.4 Å². The van der Waals surface area contributed by atoms with Crippen molar-refractivity contribution in [3.8, 4) is 23.1 Å². The summed E-state index contributed by atoms with van der Waals surface area (Å²) in [6, 6.07) is 7.99. The number of para-hydroxylation sites is 1. The largest absolute Gasteiger partial charge is 0.481 e. The monoisotopic (exact) mass is 515 g/mol. The first-order chi connectivity index (χ1) is 17.1. The normalized spacial score (nSPS) is 13.3. The average Bonchev–Trinajstić information content (AvgIpc) is 3.25. The van der Waals surface area contributed by atoms with Crippen LogP contribution in [-0.4, -0.2) is 50.5 Å². The molecule has 10 nitrogen and oxygen atoms in total. The van der Waals surface area contributed by atoms with E-state index >= 15 is 0 Å². The second-order valence-electron chi connectivity index (χ2n) is 8.04. The van der Waals surface area contributed by atoms with Crippen LogP contribution in [0.25, 0.3) is 17.2 Å². The number of anilines is 1. The van der Waals surface area contributed by atoms with Crippen LogP contribution in [-0.2, 0) is 10.0 Å². The minimum atomic E-state index is -4.14. The minimum Gasteiger partial charge on any atom is -0.481 e. The van der Waals surface area contributed by atoms with Gasteiger partial charge < -0.3 is 4.74 Å². The van der Waals surface area contributed by atoms with Crippen LogP contribution < -0.4 is 9.46 Å². The van der Waals surface area contributed by atoms with E-state index < -0.39 is 44.5 Å². The second-order valence-corrected chi connectivity index (χ2v) is 10.1. The van der Waals surface area contributed by atoms with Crippen LogP contribution in [0.3, 0.4) is 0 Å². The molecule has 0 spiro atoms. The molecule has 3 aromatic heterocycles. The fourth-order valence-electron chi connectivity index (χ4n) is 3.45. The van der Waals surface area contributed by atoms with Crippen LogP contribution in [0, 0.1) is 18.6 Å². The lowest BCUT2D eigenvalue weighted by molar-refractivity contribution is 0.398.